The lowest BCUT2D eigenvalue weighted by atomic mass is 10.1. The third-order valence-corrected chi connectivity index (χ3v) is 3.94. The molecule has 1 aliphatic rings. The Hall–Kier alpha value is -1.94. The molecule has 0 radical (unpaired) electrons. The van der Waals surface area contributed by atoms with Crippen LogP contribution in [-0.4, -0.2) is 16.0 Å². The van der Waals surface area contributed by atoms with Crippen LogP contribution in [0.2, 0.25) is 0 Å². The molecule has 20 heavy (non-hydrogen) atoms. The molecular weight excluding hydrogens is 266 g/mol. The second-order valence-electron chi connectivity index (χ2n) is 5.24. The third kappa shape index (κ3) is 2.06. The highest BCUT2D eigenvalue weighted by Crippen LogP contribution is 2.38. The van der Waals surface area contributed by atoms with E-state index in [1.54, 1.807) is 0 Å². The average Bonchev–Trinajstić information content (AvgIpc) is 2.73. The zero-order valence-corrected chi connectivity index (χ0v) is 12.4. The first kappa shape index (κ1) is 13.1. The maximum atomic E-state index is 5.86. The topological polar surface area (TPSA) is 42.1 Å². The summed E-state index contributed by atoms with van der Waals surface area (Å²) in [6, 6.07) is 12.7. The Morgan fingerprint density at radius 1 is 1.30 bits per heavy atom. The van der Waals surface area contributed by atoms with Crippen LogP contribution in [0.15, 0.2) is 36.4 Å². The maximum Gasteiger partial charge on any atom is 0.143 e. The SMILES string of the molecule is Cc1ccc(C(N)=S)c(N2c3ccccc3CC2C)n1. The van der Waals surface area contributed by atoms with Crippen molar-refractivity contribution in [3.63, 3.8) is 0 Å². The Labute approximate surface area is 124 Å². The highest BCUT2D eigenvalue weighted by Gasteiger charge is 2.29. The number of fused-ring (bicyclic) bond motifs is 1. The number of aromatic nitrogens is 1. The second kappa shape index (κ2) is 4.87. The molecule has 0 saturated heterocycles. The summed E-state index contributed by atoms with van der Waals surface area (Å²) < 4.78 is 0. The molecule has 0 fully saturated rings. The van der Waals surface area contributed by atoms with Crippen LogP contribution >= 0.6 is 12.2 Å². The fourth-order valence-electron chi connectivity index (χ4n) is 2.81. The summed E-state index contributed by atoms with van der Waals surface area (Å²) in [5.74, 6) is 0.870. The van der Waals surface area contributed by atoms with E-state index in [0.29, 0.717) is 11.0 Å². The minimum absolute atomic E-state index is 0.356. The van der Waals surface area contributed by atoms with E-state index in [4.69, 9.17) is 18.0 Å². The third-order valence-electron chi connectivity index (χ3n) is 3.72. The van der Waals surface area contributed by atoms with E-state index in [1.807, 2.05) is 19.1 Å². The predicted octanol–water partition coefficient (Wildman–Crippen LogP) is 3.11. The van der Waals surface area contributed by atoms with Gasteiger partial charge >= 0.3 is 0 Å². The van der Waals surface area contributed by atoms with Crippen LogP contribution in [0, 0.1) is 6.92 Å². The molecule has 0 amide bonds. The Kier molecular flexibility index (Phi) is 3.18. The van der Waals surface area contributed by atoms with Gasteiger partial charge in [0, 0.05) is 17.4 Å². The van der Waals surface area contributed by atoms with E-state index in [9.17, 15) is 0 Å². The normalized spacial score (nSPS) is 17.1. The molecule has 1 aromatic heterocycles. The minimum Gasteiger partial charge on any atom is -0.389 e. The van der Waals surface area contributed by atoms with E-state index in [0.717, 1.165) is 23.5 Å². The molecule has 3 nitrogen and oxygen atoms in total. The van der Waals surface area contributed by atoms with Crippen LogP contribution < -0.4 is 10.6 Å². The van der Waals surface area contributed by atoms with Crippen LogP contribution in [-0.2, 0) is 6.42 Å². The van der Waals surface area contributed by atoms with Gasteiger partial charge in [0.2, 0.25) is 0 Å². The Bertz CT molecular complexity index is 681. The van der Waals surface area contributed by atoms with Gasteiger partial charge in [-0.15, -0.1) is 0 Å². The number of nitrogens with zero attached hydrogens (tertiary/aromatic N) is 2. The lowest BCUT2D eigenvalue weighted by molar-refractivity contribution is 0.749. The van der Waals surface area contributed by atoms with Gasteiger partial charge in [-0.2, -0.15) is 0 Å². The van der Waals surface area contributed by atoms with Crippen LogP contribution in [0.1, 0.15) is 23.7 Å². The minimum atomic E-state index is 0.356. The van der Waals surface area contributed by atoms with Gasteiger partial charge in [0.25, 0.3) is 0 Å². The molecule has 0 spiro atoms. The molecule has 0 aliphatic carbocycles. The number of hydrogen-bond donors (Lipinski definition) is 1. The predicted molar refractivity (Wildman–Crippen MR) is 86.6 cm³/mol. The lowest BCUT2D eigenvalue weighted by Crippen LogP contribution is -2.28. The van der Waals surface area contributed by atoms with Gasteiger partial charge in [-0.25, -0.2) is 4.98 Å². The molecule has 3 rings (SSSR count). The van der Waals surface area contributed by atoms with Crippen molar-refractivity contribution in [1.82, 2.24) is 4.98 Å². The number of hydrogen-bond acceptors (Lipinski definition) is 3. The summed E-state index contributed by atoms with van der Waals surface area (Å²) in [5.41, 5.74) is 10.2. The highest BCUT2D eigenvalue weighted by atomic mass is 32.1. The summed E-state index contributed by atoms with van der Waals surface area (Å²) in [6.07, 6.45) is 1.02. The van der Waals surface area contributed by atoms with Gasteiger partial charge in [0.05, 0.1) is 5.56 Å². The quantitative estimate of drug-likeness (QED) is 0.860. The smallest absolute Gasteiger partial charge is 0.143 e. The first-order valence-corrected chi connectivity index (χ1v) is 7.13. The van der Waals surface area contributed by atoms with E-state index in [-0.39, 0.29) is 0 Å². The monoisotopic (exact) mass is 283 g/mol. The summed E-state index contributed by atoms with van der Waals surface area (Å²) >= 11 is 5.18. The van der Waals surface area contributed by atoms with Gasteiger partial charge in [-0.05, 0) is 44.0 Å². The maximum absolute atomic E-state index is 5.86. The molecule has 0 bridgehead atoms. The molecule has 1 unspecified atom stereocenters. The van der Waals surface area contributed by atoms with Crippen LogP contribution in [0.3, 0.4) is 0 Å². The first-order chi connectivity index (χ1) is 9.58. The molecular formula is C16H17N3S. The van der Waals surface area contributed by atoms with Crippen molar-refractivity contribution in [3.8, 4) is 0 Å². The largest absolute Gasteiger partial charge is 0.389 e. The van der Waals surface area contributed by atoms with Crippen molar-refractivity contribution < 1.29 is 0 Å². The standard InChI is InChI=1S/C16H17N3S/c1-10-7-8-13(15(17)20)16(18-10)19-11(2)9-12-5-3-4-6-14(12)19/h3-8,11H,9H2,1-2H3,(H2,17,20). The zero-order chi connectivity index (χ0) is 14.3. The molecule has 2 N–H and O–H groups in total. The number of pyridine rings is 1. The van der Waals surface area contributed by atoms with E-state index >= 15 is 0 Å². The molecule has 0 saturated carbocycles. The molecule has 1 aromatic carbocycles. The summed E-state index contributed by atoms with van der Waals surface area (Å²) in [4.78, 5) is 7.32. The van der Waals surface area contributed by atoms with E-state index in [1.165, 1.54) is 11.3 Å². The number of thiocarbonyl (C=S) groups is 1. The Balaban J connectivity index is 2.18. The summed E-state index contributed by atoms with van der Waals surface area (Å²) in [6.45, 7) is 4.19. The van der Waals surface area contributed by atoms with Crippen molar-refractivity contribution >= 4 is 28.7 Å². The highest BCUT2D eigenvalue weighted by molar-refractivity contribution is 7.80. The fraction of sp³-hybridized carbons (Fsp3) is 0.250. The molecule has 2 heterocycles. The van der Waals surface area contributed by atoms with Crippen molar-refractivity contribution in [1.29, 1.82) is 0 Å². The van der Waals surface area contributed by atoms with Gasteiger partial charge in [0.1, 0.15) is 10.8 Å². The van der Waals surface area contributed by atoms with Gasteiger partial charge in [0.15, 0.2) is 0 Å². The van der Waals surface area contributed by atoms with E-state index < -0.39 is 0 Å². The van der Waals surface area contributed by atoms with Gasteiger partial charge in [-0.1, -0.05) is 30.4 Å². The van der Waals surface area contributed by atoms with Crippen molar-refractivity contribution in [2.24, 2.45) is 5.73 Å². The number of nitrogens with two attached hydrogens (primary N) is 1. The van der Waals surface area contributed by atoms with E-state index in [2.05, 4.69) is 41.1 Å². The number of anilines is 2. The Morgan fingerprint density at radius 2 is 2.05 bits per heavy atom. The van der Waals surface area contributed by atoms with Gasteiger partial charge in [-0.3, -0.25) is 0 Å². The van der Waals surface area contributed by atoms with Crippen molar-refractivity contribution in [3.05, 3.63) is 53.2 Å². The fourth-order valence-corrected chi connectivity index (χ4v) is 2.97. The van der Waals surface area contributed by atoms with Crippen molar-refractivity contribution in [2.75, 3.05) is 4.90 Å². The van der Waals surface area contributed by atoms with Crippen LogP contribution in [0.5, 0.6) is 0 Å². The van der Waals surface area contributed by atoms with Crippen molar-refractivity contribution in [2.45, 2.75) is 26.3 Å². The van der Waals surface area contributed by atoms with Crippen LogP contribution in [0.4, 0.5) is 11.5 Å². The Morgan fingerprint density at radius 3 is 2.80 bits per heavy atom. The second-order valence-corrected chi connectivity index (χ2v) is 5.68. The molecule has 102 valence electrons. The zero-order valence-electron chi connectivity index (χ0n) is 11.6. The number of rotatable bonds is 2. The number of benzene rings is 1. The van der Waals surface area contributed by atoms with Gasteiger partial charge < -0.3 is 10.6 Å². The lowest BCUT2D eigenvalue weighted by Gasteiger charge is -2.26. The molecule has 4 heteroatoms. The number of aryl methyl sites for hydroxylation is 1. The van der Waals surface area contributed by atoms with Crippen LogP contribution in [0.25, 0.3) is 0 Å². The molecule has 1 aliphatic heterocycles. The molecule has 1 atom stereocenters. The number of para-hydroxylation sites is 1. The summed E-state index contributed by atoms with van der Waals surface area (Å²) in [7, 11) is 0. The summed E-state index contributed by atoms with van der Waals surface area (Å²) in [5, 5.41) is 0. The average molecular weight is 283 g/mol. The molecule has 2 aromatic rings. The first-order valence-electron chi connectivity index (χ1n) is 6.72.